The lowest BCUT2D eigenvalue weighted by molar-refractivity contribution is -0.123. The SMILES string of the molecule is NS(=O)(=O)c1cccc(CNC(=O)NC2CCN(c3nc(NCC(c4ccc(O)cc4)c4ccc(O)cc4)c4ncn([C@@H]5C[C@H](NC(=O)CCO)[C@@H](O)[C@H]5O)c4n3)C2)c1. The highest BCUT2D eigenvalue weighted by Gasteiger charge is 2.44. The van der Waals surface area contributed by atoms with Crippen molar-refractivity contribution in [3.63, 3.8) is 0 Å². The van der Waals surface area contributed by atoms with Gasteiger partial charge in [-0.25, -0.2) is 23.3 Å². The molecule has 11 N–H and O–H groups in total. The van der Waals surface area contributed by atoms with Crippen LogP contribution in [0, 0.1) is 0 Å². The smallest absolute Gasteiger partial charge is 0.315 e. The van der Waals surface area contributed by atoms with Crippen LogP contribution in [0.2, 0.25) is 0 Å². The number of phenols is 2. The van der Waals surface area contributed by atoms with Gasteiger partial charge in [0, 0.05) is 44.6 Å². The maximum atomic E-state index is 12.9. The minimum atomic E-state index is -3.91. The van der Waals surface area contributed by atoms with Gasteiger partial charge in [-0.3, -0.25) is 4.79 Å². The molecule has 19 nitrogen and oxygen atoms in total. The molecular formula is C39H46N10O9S. The summed E-state index contributed by atoms with van der Waals surface area (Å²) in [6.07, 6.45) is -0.554. The number of carbonyl (C=O) groups excluding carboxylic acids is 2. The first kappa shape index (κ1) is 41.1. The zero-order valence-electron chi connectivity index (χ0n) is 31.7. The average Bonchev–Trinajstić information content (AvgIpc) is 3.93. The molecule has 0 bridgehead atoms. The number of aromatic nitrogens is 4. The molecule has 3 amide bonds. The van der Waals surface area contributed by atoms with E-state index in [1.54, 1.807) is 41.0 Å². The summed E-state index contributed by atoms with van der Waals surface area (Å²) < 4.78 is 25.2. The number of benzene rings is 3. The van der Waals surface area contributed by atoms with E-state index in [0.29, 0.717) is 54.5 Å². The van der Waals surface area contributed by atoms with Gasteiger partial charge in [0.1, 0.15) is 23.7 Å². The number of aromatic hydroxyl groups is 2. The molecule has 1 saturated heterocycles. The van der Waals surface area contributed by atoms with Gasteiger partial charge in [-0.2, -0.15) is 9.97 Å². The Morgan fingerprint density at radius 1 is 0.932 bits per heavy atom. The van der Waals surface area contributed by atoms with E-state index in [1.807, 2.05) is 29.2 Å². The maximum absolute atomic E-state index is 12.9. The minimum absolute atomic E-state index is 0.0599. The highest BCUT2D eigenvalue weighted by atomic mass is 32.2. The van der Waals surface area contributed by atoms with Crippen LogP contribution in [0.5, 0.6) is 11.5 Å². The summed E-state index contributed by atoms with van der Waals surface area (Å²) in [5.41, 5.74) is 3.02. The summed E-state index contributed by atoms with van der Waals surface area (Å²) in [6.45, 7) is 0.794. The fourth-order valence-electron chi connectivity index (χ4n) is 7.57. The summed E-state index contributed by atoms with van der Waals surface area (Å²) in [4.78, 5) is 41.5. The number of phenolic OH excluding ortho intramolecular Hbond substituents is 2. The first-order chi connectivity index (χ1) is 28.3. The Kier molecular flexibility index (Phi) is 12.1. The topological polar surface area (TPSA) is 290 Å². The molecule has 59 heavy (non-hydrogen) atoms. The Morgan fingerprint density at radius 2 is 1.63 bits per heavy atom. The molecule has 2 aliphatic rings. The number of anilines is 2. The molecule has 5 aromatic rings. The molecular weight excluding hydrogens is 785 g/mol. The van der Waals surface area contributed by atoms with E-state index in [1.165, 1.54) is 18.5 Å². The van der Waals surface area contributed by atoms with Crippen LogP contribution in [0.15, 0.2) is 84.0 Å². The zero-order valence-corrected chi connectivity index (χ0v) is 32.5. The van der Waals surface area contributed by atoms with Crippen LogP contribution in [0.1, 0.15) is 47.9 Å². The van der Waals surface area contributed by atoms with E-state index in [0.717, 1.165) is 11.1 Å². The highest BCUT2D eigenvalue weighted by Crippen LogP contribution is 2.36. The number of primary sulfonamides is 1. The molecule has 2 aromatic heterocycles. The summed E-state index contributed by atoms with van der Waals surface area (Å²) >= 11 is 0. The van der Waals surface area contributed by atoms with Gasteiger partial charge in [-0.15, -0.1) is 0 Å². The van der Waals surface area contributed by atoms with Gasteiger partial charge in [0.15, 0.2) is 17.0 Å². The molecule has 3 aromatic carbocycles. The summed E-state index contributed by atoms with van der Waals surface area (Å²) in [6, 6.07) is 17.3. The Balaban J connectivity index is 1.15. The largest absolute Gasteiger partial charge is 0.508 e. The van der Waals surface area contributed by atoms with Crippen molar-refractivity contribution in [2.75, 3.05) is 36.5 Å². The Bertz CT molecular complexity index is 2350. The number of rotatable bonds is 14. The zero-order chi connectivity index (χ0) is 41.8. The lowest BCUT2D eigenvalue weighted by Gasteiger charge is -2.22. The number of carbonyl (C=O) groups is 2. The fraction of sp³-hybridized carbons (Fsp3) is 0.359. The first-order valence-electron chi connectivity index (χ1n) is 19.0. The van der Waals surface area contributed by atoms with Gasteiger partial charge < -0.3 is 56.3 Å². The predicted molar refractivity (Wildman–Crippen MR) is 215 cm³/mol. The first-order valence-corrected chi connectivity index (χ1v) is 20.6. The van der Waals surface area contributed by atoms with Crippen molar-refractivity contribution in [2.24, 2.45) is 5.14 Å². The van der Waals surface area contributed by atoms with Gasteiger partial charge in [0.2, 0.25) is 21.9 Å². The van der Waals surface area contributed by atoms with Gasteiger partial charge >= 0.3 is 6.03 Å². The molecule has 7 rings (SSSR count). The third-order valence-corrected chi connectivity index (χ3v) is 11.6. The summed E-state index contributed by atoms with van der Waals surface area (Å²) in [7, 11) is -3.91. The monoisotopic (exact) mass is 830 g/mol. The summed E-state index contributed by atoms with van der Waals surface area (Å²) in [5, 5.41) is 68.4. The fourth-order valence-corrected chi connectivity index (χ4v) is 8.15. The second-order valence-electron chi connectivity index (χ2n) is 14.7. The molecule has 0 radical (unpaired) electrons. The van der Waals surface area contributed by atoms with Crippen molar-refractivity contribution in [1.82, 2.24) is 35.5 Å². The van der Waals surface area contributed by atoms with E-state index in [9.17, 15) is 43.5 Å². The third kappa shape index (κ3) is 9.47. The molecule has 1 saturated carbocycles. The van der Waals surface area contributed by atoms with Gasteiger partial charge in [0.25, 0.3) is 0 Å². The number of urea groups is 1. The third-order valence-electron chi connectivity index (χ3n) is 10.7. The van der Waals surface area contributed by atoms with Crippen molar-refractivity contribution in [3.8, 4) is 11.5 Å². The van der Waals surface area contributed by atoms with Crippen molar-refractivity contribution >= 4 is 44.9 Å². The van der Waals surface area contributed by atoms with Crippen LogP contribution < -0.4 is 31.3 Å². The molecule has 1 aliphatic heterocycles. The second kappa shape index (κ2) is 17.4. The van der Waals surface area contributed by atoms with E-state index < -0.39 is 46.3 Å². The van der Waals surface area contributed by atoms with Crippen LogP contribution in [0.3, 0.4) is 0 Å². The molecule has 1 unspecified atom stereocenters. The van der Waals surface area contributed by atoms with Gasteiger partial charge in [0.05, 0.1) is 29.9 Å². The molecule has 312 valence electrons. The molecule has 1 aliphatic carbocycles. The predicted octanol–water partition coefficient (Wildman–Crippen LogP) is 0.741. The number of fused-ring (bicyclic) bond motifs is 1. The Labute approximate surface area is 339 Å². The molecule has 3 heterocycles. The number of nitrogens with one attached hydrogen (secondary N) is 4. The number of nitrogens with two attached hydrogens (primary N) is 1. The van der Waals surface area contributed by atoms with Crippen LogP contribution in [-0.4, -0.2) is 116 Å². The number of hydrogen-bond donors (Lipinski definition) is 10. The van der Waals surface area contributed by atoms with Crippen LogP contribution >= 0.6 is 0 Å². The lowest BCUT2D eigenvalue weighted by Crippen LogP contribution is -2.43. The number of amides is 3. The number of nitrogens with zero attached hydrogens (tertiary/aromatic N) is 5. The van der Waals surface area contributed by atoms with Gasteiger partial charge in [-0.05, 0) is 65.9 Å². The van der Waals surface area contributed by atoms with Gasteiger partial charge in [-0.1, -0.05) is 36.4 Å². The average molecular weight is 831 g/mol. The maximum Gasteiger partial charge on any atom is 0.315 e. The highest BCUT2D eigenvalue weighted by molar-refractivity contribution is 7.89. The molecule has 2 fully saturated rings. The molecule has 0 spiro atoms. The van der Waals surface area contributed by atoms with E-state index in [2.05, 4.69) is 26.3 Å². The van der Waals surface area contributed by atoms with E-state index >= 15 is 0 Å². The Hall–Kier alpha value is -6.06. The lowest BCUT2D eigenvalue weighted by atomic mass is 9.91. The van der Waals surface area contributed by atoms with E-state index in [-0.39, 0.29) is 54.3 Å². The van der Waals surface area contributed by atoms with Crippen LogP contribution in [-0.2, 0) is 21.4 Å². The quantitative estimate of drug-likeness (QED) is 0.0739. The second-order valence-corrected chi connectivity index (χ2v) is 16.3. The Morgan fingerprint density at radius 3 is 2.29 bits per heavy atom. The minimum Gasteiger partial charge on any atom is -0.508 e. The number of hydrogen-bond acceptors (Lipinski definition) is 14. The number of imidazole rings is 1. The van der Waals surface area contributed by atoms with Crippen LogP contribution in [0.25, 0.3) is 11.2 Å². The van der Waals surface area contributed by atoms with Crippen molar-refractivity contribution in [1.29, 1.82) is 0 Å². The normalized spacial score (nSPS) is 20.6. The number of aliphatic hydroxyl groups is 3. The van der Waals surface area contributed by atoms with Crippen molar-refractivity contribution in [3.05, 3.63) is 95.8 Å². The molecule has 20 heteroatoms. The van der Waals surface area contributed by atoms with Crippen molar-refractivity contribution < 1.29 is 43.5 Å². The van der Waals surface area contributed by atoms with Crippen molar-refractivity contribution in [2.45, 2.75) is 67.0 Å². The standard InChI is InChI=1S/C39H46N10O9S/c40-59(57,58)28-3-1-2-22(16-28)18-42-39(56)44-25-12-14-48(20-25)38-46-36(41-19-29(23-4-8-26(51)9-5-23)24-6-10-27(52)11-7-24)33-37(47-38)49(21-43-33)31-17-30(34(54)35(31)55)45-32(53)13-15-50/h1-11,16,21,25,29-31,34-35,50-52,54-55H,12-15,17-20H2,(H,45,53)(H2,40,57,58)(H,41,46,47)(H2,42,44,56)/t25?,30-,31+,34+,35-/m0/s1. The van der Waals surface area contributed by atoms with E-state index in [4.69, 9.17) is 15.1 Å². The summed E-state index contributed by atoms with van der Waals surface area (Å²) in [5.74, 6) is 0.150. The van der Waals surface area contributed by atoms with Crippen LogP contribution in [0.4, 0.5) is 16.6 Å². The number of sulfonamides is 1. The number of aliphatic hydroxyl groups excluding tert-OH is 3. The molecule has 5 atom stereocenters.